The zero-order valence-corrected chi connectivity index (χ0v) is 20.6. The third kappa shape index (κ3) is 8.70. The van der Waals surface area contributed by atoms with Crippen molar-refractivity contribution in [1.82, 2.24) is 0 Å². The van der Waals surface area contributed by atoms with Gasteiger partial charge in [-0.05, 0) is 72.8 Å². The van der Waals surface area contributed by atoms with Crippen LogP contribution in [0.15, 0.2) is 81.7 Å². The number of aliphatic hydroxyl groups is 2. The molecule has 2 unspecified atom stereocenters. The highest BCUT2D eigenvalue weighted by molar-refractivity contribution is 9.10. The number of benzene rings is 3. The van der Waals surface area contributed by atoms with E-state index in [2.05, 4.69) is 42.5 Å². The van der Waals surface area contributed by atoms with Gasteiger partial charge in [0.1, 0.15) is 36.9 Å². The van der Waals surface area contributed by atoms with Crippen molar-refractivity contribution in [3.8, 4) is 11.5 Å². The van der Waals surface area contributed by atoms with Crippen molar-refractivity contribution < 1.29 is 19.7 Å². The Morgan fingerprint density at radius 3 is 1.28 bits per heavy atom. The molecule has 6 nitrogen and oxygen atoms in total. The van der Waals surface area contributed by atoms with Crippen molar-refractivity contribution in [2.45, 2.75) is 12.2 Å². The first-order valence-corrected chi connectivity index (χ1v) is 11.8. The molecule has 2 atom stereocenters. The summed E-state index contributed by atoms with van der Waals surface area (Å²) in [5.41, 5.74) is 1.87. The van der Waals surface area contributed by atoms with Crippen molar-refractivity contribution in [3.05, 3.63) is 81.7 Å². The van der Waals surface area contributed by atoms with E-state index in [0.717, 1.165) is 20.3 Å². The Hall–Kier alpha value is -2.26. The topological polar surface area (TPSA) is 83.0 Å². The Morgan fingerprint density at radius 1 is 0.594 bits per heavy atom. The molecule has 3 rings (SSSR count). The molecule has 3 aromatic carbocycles. The number of hydrogen-bond acceptors (Lipinski definition) is 6. The van der Waals surface area contributed by atoms with E-state index in [9.17, 15) is 10.2 Å². The highest BCUT2D eigenvalue weighted by Crippen LogP contribution is 2.19. The fourth-order valence-corrected chi connectivity index (χ4v) is 3.27. The summed E-state index contributed by atoms with van der Waals surface area (Å²) >= 11 is 6.79. The molecular weight excluding hydrogens is 540 g/mol. The van der Waals surface area contributed by atoms with Gasteiger partial charge in [0.05, 0.1) is 0 Å². The average Bonchev–Trinajstić information content (AvgIpc) is 2.81. The summed E-state index contributed by atoms with van der Waals surface area (Å²) in [6, 6.07) is 22.6. The highest BCUT2D eigenvalue weighted by atomic mass is 79.9. The number of anilines is 2. The van der Waals surface area contributed by atoms with Crippen LogP contribution in [-0.2, 0) is 0 Å². The molecule has 170 valence electrons. The SMILES string of the molecule is OC(CNc1ccc(Br)cc1)COc1ccc(OCC(O)CNc2ccc(Br)cc2)cc1. The second-order valence-corrected chi connectivity index (χ2v) is 9.01. The van der Waals surface area contributed by atoms with E-state index in [-0.39, 0.29) is 13.2 Å². The fraction of sp³-hybridized carbons (Fsp3) is 0.250. The molecule has 8 heteroatoms. The third-order valence-corrected chi connectivity index (χ3v) is 5.54. The van der Waals surface area contributed by atoms with E-state index in [1.807, 2.05) is 48.5 Å². The molecule has 0 heterocycles. The van der Waals surface area contributed by atoms with Gasteiger partial charge in [-0.3, -0.25) is 0 Å². The second kappa shape index (κ2) is 12.7. The number of halogens is 2. The number of hydrogen-bond donors (Lipinski definition) is 4. The number of rotatable bonds is 12. The molecule has 0 saturated heterocycles. The molecule has 3 aromatic rings. The van der Waals surface area contributed by atoms with Gasteiger partial charge in [0.25, 0.3) is 0 Å². The molecule has 4 N–H and O–H groups in total. The standard InChI is InChI=1S/C24H26Br2N2O4/c25-17-1-5-19(6-2-17)27-13-21(29)15-31-23-9-11-24(12-10-23)32-16-22(30)14-28-20-7-3-18(26)4-8-20/h1-12,21-22,27-30H,13-16H2. The lowest BCUT2D eigenvalue weighted by molar-refractivity contribution is 0.115. The maximum absolute atomic E-state index is 10.1. The molecule has 0 bridgehead atoms. The minimum Gasteiger partial charge on any atom is -0.491 e. The van der Waals surface area contributed by atoms with Gasteiger partial charge in [0, 0.05) is 33.4 Å². The second-order valence-electron chi connectivity index (χ2n) is 7.18. The maximum atomic E-state index is 10.1. The van der Waals surface area contributed by atoms with Gasteiger partial charge in [0.2, 0.25) is 0 Å². The van der Waals surface area contributed by atoms with Gasteiger partial charge >= 0.3 is 0 Å². The van der Waals surface area contributed by atoms with Crippen LogP contribution in [0.2, 0.25) is 0 Å². The monoisotopic (exact) mass is 564 g/mol. The van der Waals surface area contributed by atoms with Crippen molar-refractivity contribution in [2.75, 3.05) is 36.9 Å². The molecule has 0 saturated carbocycles. The Labute approximate surface area is 204 Å². The van der Waals surface area contributed by atoms with Crippen LogP contribution >= 0.6 is 31.9 Å². The van der Waals surface area contributed by atoms with E-state index < -0.39 is 12.2 Å². The smallest absolute Gasteiger partial charge is 0.119 e. The lowest BCUT2D eigenvalue weighted by Gasteiger charge is -2.15. The Kier molecular flexibility index (Phi) is 9.67. The predicted octanol–water partition coefficient (Wildman–Crippen LogP) is 4.92. The van der Waals surface area contributed by atoms with Crippen LogP contribution in [-0.4, -0.2) is 48.7 Å². The van der Waals surface area contributed by atoms with Gasteiger partial charge < -0.3 is 30.3 Å². The van der Waals surface area contributed by atoms with Gasteiger partial charge in [-0.2, -0.15) is 0 Å². The highest BCUT2D eigenvalue weighted by Gasteiger charge is 2.08. The molecule has 32 heavy (non-hydrogen) atoms. The Bertz CT molecular complexity index is 859. The molecule has 0 aliphatic heterocycles. The minimum absolute atomic E-state index is 0.171. The molecule has 0 radical (unpaired) electrons. The quantitative estimate of drug-likeness (QED) is 0.250. The van der Waals surface area contributed by atoms with Crippen LogP contribution < -0.4 is 20.1 Å². The summed E-state index contributed by atoms with van der Waals surface area (Å²) in [6.07, 6.45) is -1.30. The van der Waals surface area contributed by atoms with E-state index >= 15 is 0 Å². The Morgan fingerprint density at radius 2 is 0.938 bits per heavy atom. The van der Waals surface area contributed by atoms with Gasteiger partial charge in [-0.15, -0.1) is 0 Å². The molecule has 0 aliphatic carbocycles. The first-order chi connectivity index (χ1) is 15.5. The largest absolute Gasteiger partial charge is 0.491 e. The maximum Gasteiger partial charge on any atom is 0.119 e. The van der Waals surface area contributed by atoms with E-state index in [1.165, 1.54) is 0 Å². The van der Waals surface area contributed by atoms with Crippen molar-refractivity contribution in [2.24, 2.45) is 0 Å². The molecular formula is C24H26Br2N2O4. The summed E-state index contributed by atoms with van der Waals surface area (Å²) in [6.45, 7) is 1.11. The zero-order chi connectivity index (χ0) is 22.8. The van der Waals surface area contributed by atoms with Crippen molar-refractivity contribution in [3.63, 3.8) is 0 Å². The van der Waals surface area contributed by atoms with E-state index in [1.54, 1.807) is 24.3 Å². The molecule has 0 aromatic heterocycles. The van der Waals surface area contributed by atoms with E-state index in [0.29, 0.717) is 24.6 Å². The first kappa shape index (κ1) is 24.4. The lowest BCUT2D eigenvalue weighted by Crippen LogP contribution is -2.26. The number of aliphatic hydroxyl groups excluding tert-OH is 2. The van der Waals surface area contributed by atoms with Crippen LogP contribution in [0.25, 0.3) is 0 Å². The third-order valence-electron chi connectivity index (χ3n) is 4.48. The van der Waals surface area contributed by atoms with Gasteiger partial charge in [-0.1, -0.05) is 31.9 Å². The summed E-state index contributed by atoms with van der Waals surface area (Å²) in [5, 5.41) is 26.6. The predicted molar refractivity (Wildman–Crippen MR) is 135 cm³/mol. The summed E-state index contributed by atoms with van der Waals surface area (Å²) in [7, 11) is 0. The van der Waals surface area contributed by atoms with Crippen LogP contribution in [0, 0.1) is 0 Å². The number of ether oxygens (including phenoxy) is 2. The van der Waals surface area contributed by atoms with Crippen LogP contribution in [0.5, 0.6) is 11.5 Å². The lowest BCUT2D eigenvalue weighted by atomic mass is 10.3. The summed E-state index contributed by atoms with van der Waals surface area (Å²) in [4.78, 5) is 0. The normalized spacial score (nSPS) is 12.6. The molecule has 0 amide bonds. The van der Waals surface area contributed by atoms with E-state index in [4.69, 9.17) is 9.47 Å². The fourth-order valence-electron chi connectivity index (χ4n) is 2.74. The number of nitrogens with one attached hydrogen (secondary N) is 2. The van der Waals surface area contributed by atoms with Gasteiger partial charge in [0.15, 0.2) is 0 Å². The summed E-state index contributed by atoms with van der Waals surface area (Å²) < 4.78 is 13.3. The summed E-state index contributed by atoms with van der Waals surface area (Å²) in [5.74, 6) is 1.27. The molecule has 0 fully saturated rings. The zero-order valence-electron chi connectivity index (χ0n) is 17.4. The van der Waals surface area contributed by atoms with Crippen molar-refractivity contribution in [1.29, 1.82) is 0 Å². The Balaban J connectivity index is 1.33. The first-order valence-electron chi connectivity index (χ1n) is 10.2. The average molecular weight is 566 g/mol. The van der Waals surface area contributed by atoms with Crippen LogP contribution in [0.1, 0.15) is 0 Å². The van der Waals surface area contributed by atoms with Crippen LogP contribution in [0.3, 0.4) is 0 Å². The van der Waals surface area contributed by atoms with Gasteiger partial charge in [-0.25, -0.2) is 0 Å². The molecule has 0 spiro atoms. The van der Waals surface area contributed by atoms with Crippen molar-refractivity contribution >= 4 is 43.2 Å². The molecule has 0 aliphatic rings. The van der Waals surface area contributed by atoms with Crippen LogP contribution in [0.4, 0.5) is 11.4 Å². The minimum atomic E-state index is -0.650.